The molecule has 4 fully saturated rings. The second-order valence-corrected chi connectivity index (χ2v) is 10.5. The normalized spacial score (nSPS) is 63.3. The van der Waals surface area contributed by atoms with E-state index in [-0.39, 0.29) is 17.6 Å². The lowest BCUT2D eigenvalue weighted by atomic mass is 9.47. The van der Waals surface area contributed by atoms with Crippen LogP contribution in [0.1, 0.15) is 66.7 Å². The van der Waals surface area contributed by atoms with Crippen molar-refractivity contribution in [2.45, 2.75) is 78.9 Å². The fourth-order valence-corrected chi connectivity index (χ4v) is 7.41. The van der Waals surface area contributed by atoms with E-state index >= 15 is 0 Å². The molecule has 0 saturated heterocycles. The zero-order chi connectivity index (χ0) is 16.1. The molecule has 2 nitrogen and oxygen atoms in total. The van der Waals surface area contributed by atoms with Crippen molar-refractivity contribution in [3.63, 3.8) is 0 Å². The highest BCUT2D eigenvalue weighted by Gasteiger charge is 2.72. The van der Waals surface area contributed by atoms with Gasteiger partial charge in [-0.15, -0.1) is 0 Å². The first-order chi connectivity index (χ1) is 10.1. The molecule has 0 spiro atoms. The van der Waals surface area contributed by atoms with Crippen LogP contribution in [0.3, 0.4) is 0 Å². The minimum absolute atomic E-state index is 0.105. The molecule has 9 atom stereocenters. The predicted molar refractivity (Wildman–Crippen MR) is 88.2 cm³/mol. The van der Waals surface area contributed by atoms with E-state index in [1.807, 2.05) is 0 Å². The van der Waals surface area contributed by atoms with Crippen LogP contribution in [-0.4, -0.2) is 22.4 Å². The Labute approximate surface area is 135 Å². The molecule has 4 aliphatic carbocycles. The Kier molecular flexibility index (Phi) is 3.02. The Morgan fingerprint density at radius 3 is 2.05 bits per heavy atom. The van der Waals surface area contributed by atoms with Gasteiger partial charge in [-0.2, -0.15) is 0 Å². The lowest BCUT2D eigenvalue weighted by Gasteiger charge is -2.58. The summed E-state index contributed by atoms with van der Waals surface area (Å²) < 4.78 is 0. The Balaban J connectivity index is 1.77. The topological polar surface area (TPSA) is 40.5 Å². The van der Waals surface area contributed by atoms with Crippen molar-refractivity contribution >= 4 is 0 Å². The maximum atomic E-state index is 10.8. The van der Waals surface area contributed by atoms with E-state index < -0.39 is 0 Å². The summed E-state index contributed by atoms with van der Waals surface area (Å²) in [5.74, 6) is 3.07. The van der Waals surface area contributed by atoms with Gasteiger partial charge in [-0.1, -0.05) is 34.6 Å². The predicted octanol–water partition coefficient (Wildman–Crippen LogP) is 3.85. The van der Waals surface area contributed by atoms with E-state index in [4.69, 9.17) is 0 Å². The highest BCUT2D eigenvalue weighted by Crippen LogP contribution is 2.76. The van der Waals surface area contributed by atoms with Gasteiger partial charge in [0.15, 0.2) is 0 Å². The minimum atomic E-state index is -0.116. The van der Waals surface area contributed by atoms with Gasteiger partial charge >= 0.3 is 0 Å². The van der Waals surface area contributed by atoms with E-state index in [0.29, 0.717) is 40.4 Å². The quantitative estimate of drug-likeness (QED) is 0.772. The van der Waals surface area contributed by atoms with E-state index in [1.165, 1.54) is 19.3 Å². The molecule has 22 heavy (non-hydrogen) atoms. The molecule has 0 aromatic carbocycles. The zero-order valence-electron chi connectivity index (χ0n) is 15.0. The van der Waals surface area contributed by atoms with Crippen LogP contribution in [0.25, 0.3) is 0 Å². The largest absolute Gasteiger partial charge is 0.393 e. The molecule has 4 aliphatic rings. The second-order valence-electron chi connectivity index (χ2n) is 10.5. The molecular weight excluding hydrogens is 272 g/mol. The molecule has 0 bridgehead atoms. The number of hydrogen-bond acceptors (Lipinski definition) is 2. The molecule has 0 aliphatic heterocycles. The van der Waals surface area contributed by atoms with Crippen molar-refractivity contribution in [2.24, 2.45) is 45.8 Å². The van der Waals surface area contributed by atoms with Gasteiger partial charge in [0.25, 0.3) is 0 Å². The monoisotopic (exact) mass is 306 g/mol. The average Bonchev–Trinajstić information content (AvgIpc) is 2.99. The first kappa shape index (κ1) is 15.4. The fraction of sp³-hybridized carbons (Fsp3) is 1.00. The summed E-state index contributed by atoms with van der Waals surface area (Å²) in [5.41, 5.74) is 0.795. The van der Waals surface area contributed by atoms with Crippen molar-refractivity contribution < 1.29 is 10.2 Å². The van der Waals surface area contributed by atoms with Crippen LogP contribution in [0, 0.1) is 45.8 Å². The highest BCUT2D eigenvalue weighted by atomic mass is 16.3. The van der Waals surface area contributed by atoms with Crippen molar-refractivity contribution in [1.82, 2.24) is 0 Å². The van der Waals surface area contributed by atoms with Crippen molar-refractivity contribution in [2.75, 3.05) is 0 Å². The van der Waals surface area contributed by atoms with Gasteiger partial charge in [0.2, 0.25) is 0 Å². The summed E-state index contributed by atoms with van der Waals surface area (Å²) in [6, 6.07) is 0. The third kappa shape index (κ3) is 1.75. The van der Waals surface area contributed by atoms with E-state index in [2.05, 4.69) is 34.6 Å². The molecule has 126 valence electrons. The van der Waals surface area contributed by atoms with Gasteiger partial charge in [0, 0.05) is 0 Å². The van der Waals surface area contributed by atoms with Crippen LogP contribution in [-0.2, 0) is 0 Å². The van der Waals surface area contributed by atoms with Gasteiger partial charge in [0.05, 0.1) is 12.2 Å². The first-order valence-electron chi connectivity index (χ1n) is 9.48. The zero-order valence-corrected chi connectivity index (χ0v) is 15.0. The minimum Gasteiger partial charge on any atom is -0.393 e. The summed E-state index contributed by atoms with van der Waals surface area (Å²) in [7, 11) is 0. The molecule has 0 radical (unpaired) electrons. The third-order valence-electron chi connectivity index (χ3n) is 8.77. The molecule has 0 aromatic heterocycles. The maximum absolute atomic E-state index is 10.8. The van der Waals surface area contributed by atoms with Gasteiger partial charge < -0.3 is 10.2 Å². The molecular formula is C20H34O2. The lowest BCUT2D eigenvalue weighted by molar-refractivity contribution is -0.122. The third-order valence-corrected chi connectivity index (χ3v) is 8.77. The number of rotatable bonds is 1. The molecule has 4 rings (SSSR count). The second kappa shape index (κ2) is 4.30. The van der Waals surface area contributed by atoms with Crippen LogP contribution in [0.2, 0.25) is 0 Å². The van der Waals surface area contributed by atoms with Crippen LogP contribution >= 0.6 is 0 Å². The van der Waals surface area contributed by atoms with Crippen LogP contribution in [0.4, 0.5) is 0 Å². The fourth-order valence-electron chi connectivity index (χ4n) is 7.41. The molecule has 2 N–H and O–H groups in total. The van der Waals surface area contributed by atoms with Gasteiger partial charge in [0.1, 0.15) is 0 Å². The Morgan fingerprint density at radius 1 is 0.864 bits per heavy atom. The standard InChI is InChI=1S/C20H34O2/c1-11(2)15-13(21)9-18(3)6-7-19(4)10-14(22)20(5)8-12(20)16(19)17(15)18/h11-17,21-22H,6-10H2,1-5H3/t12-,13-,14+,15-,16+,17+,18-,19-,20-/m0/s1. The number of aliphatic hydroxyl groups excluding tert-OH is 2. The van der Waals surface area contributed by atoms with E-state index in [9.17, 15) is 10.2 Å². The summed E-state index contributed by atoms with van der Waals surface area (Å²) in [6.07, 6.45) is 5.45. The van der Waals surface area contributed by atoms with Crippen LogP contribution < -0.4 is 0 Å². The first-order valence-corrected chi connectivity index (χ1v) is 9.48. The number of hydrogen-bond donors (Lipinski definition) is 2. The summed E-state index contributed by atoms with van der Waals surface area (Å²) in [4.78, 5) is 0. The smallest absolute Gasteiger partial charge is 0.0601 e. The van der Waals surface area contributed by atoms with Crippen molar-refractivity contribution in [3.8, 4) is 0 Å². The van der Waals surface area contributed by atoms with Gasteiger partial charge in [-0.05, 0) is 77.9 Å². The molecule has 0 aromatic rings. The number of fused-ring (bicyclic) bond motifs is 5. The Bertz CT molecular complexity index is 488. The molecule has 4 saturated carbocycles. The van der Waals surface area contributed by atoms with E-state index in [0.717, 1.165) is 12.8 Å². The lowest BCUT2D eigenvalue weighted by Crippen LogP contribution is -2.53. The van der Waals surface area contributed by atoms with Gasteiger partial charge in [-0.25, -0.2) is 0 Å². The highest BCUT2D eigenvalue weighted by molar-refractivity contribution is 5.20. The molecule has 0 heterocycles. The molecule has 0 amide bonds. The SMILES string of the molecule is CC(C)[C@@H]1[C@@H]2[C@H]3[C@@H]4C[C@]4(C)[C@H](O)C[C@]3(C)CC[C@@]2(C)C[C@@H]1O. The maximum Gasteiger partial charge on any atom is 0.0601 e. The summed E-state index contributed by atoms with van der Waals surface area (Å²) >= 11 is 0. The molecule has 2 heteroatoms. The van der Waals surface area contributed by atoms with Gasteiger partial charge in [-0.3, -0.25) is 0 Å². The van der Waals surface area contributed by atoms with Crippen LogP contribution in [0.15, 0.2) is 0 Å². The summed E-state index contributed by atoms with van der Waals surface area (Å²) in [5, 5.41) is 21.5. The Morgan fingerprint density at radius 2 is 1.45 bits per heavy atom. The van der Waals surface area contributed by atoms with E-state index in [1.54, 1.807) is 0 Å². The average molecular weight is 306 g/mol. The van der Waals surface area contributed by atoms with Crippen molar-refractivity contribution in [3.05, 3.63) is 0 Å². The number of aliphatic hydroxyl groups is 2. The van der Waals surface area contributed by atoms with Crippen molar-refractivity contribution in [1.29, 1.82) is 0 Å². The van der Waals surface area contributed by atoms with Crippen LogP contribution in [0.5, 0.6) is 0 Å². The molecule has 0 unspecified atom stereocenters. The Hall–Kier alpha value is -0.0800. The summed E-state index contributed by atoms with van der Waals surface area (Å²) in [6.45, 7) is 11.8.